The summed E-state index contributed by atoms with van der Waals surface area (Å²) in [5, 5.41) is 3.36. The molecule has 3 heteroatoms. The lowest BCUT2D eigenvalue weighted by atomic mass is 9.97. The zero-order chi connectivity index (χ0) is 13.1. The Morgan fingerprint density at radius 2 is 1.94 bits per heavy atom. The Hall–Kier alpha value is -1.38. The molecule has 96 valence electrons. The molecule has 1 aromatic carbocycles. The highest BCUT2D eigenvalue weighted by molar-refractivity contribution is 5.72. The molecule has 0 aliphatic carbocycles. The highest BCUT2D eigenvalue weighted by atomic mass is 16.5. The Morgan fingerprint density at radius 3 is 2.47 bits per heavy atom. The summed E-state index contributed by atoms with van der Waals surface area (Å²) in [7, 11) is 0. The fraction of sp³-hybridized carbons (Fsp3) is 0.571. The van der Waals surface area contributed by atoms with Crippen molar-refractivity contribution in [1.29, 1.82) is 0 Å². The van der Waals surface area contributed by atoms with E-state index in [-0.39, 0.29) is 11.5 Å². The normalized spacial score (nSPS) is 11.6. The summed E-state index contributed by atoms with van der Waals surface area (Å²) in [6, 6.07) is 5.84. The summed E-state index contributed by atoms with van der Waals surface area (Å²) in [4.78, 5) is 0. The number of nitrogens with one attached hydrogen (secondary N) is 1. The van der Waals surface area contributed by atoms with Crippen LogP contribution in [0.1, 0.15) is 34.6 Å². The first-order chi connectivity index (χ1) is 7.79. The largest absolute Gasteiger partial charge is 0.489 e. The van der Waals surface area contributed by atoms with Crippen LogP contribution >= 0.6 is 0 Å². The number of benzene rings is 1. The molecular formula is C14H24N2O. The smallest absolute Gasteiger partial charge is 0.144 e. The van der Waals surface area contributed by atoms with Gasteiger partial charge in [0.2, 0.25) is 0 Å². The van der Waals surface area contributed by atoms with Crippen LogP contribution in [-0.4, -0.2) is 12.6 Å². The molecule has 0 saturated heterocycles. The van der Waals surface area contributed by atoms with Gasteiger partial charge in [-0.1, -0.05) is 26.8 Å². The van der Waals surface area contributed by atoms with E-state index in [9.17, 15) is 0 Å². The molecule has 17 heavy (non-hydrogen) atoms. The van der Waals surface area contributed by atoms with Crippen LogP contribution in [0, 0.1) is 5.41 Å². The average Bonchev–Trinajstić information content (AvgIpc) is 2.17. The lowest BCUT2D eigenvalue weighted by molar-refractivity contribution is 0.244. The molecule has 1 aromatic rings. The number of hydrogen-bond donors (Lipinski definition) is 2. The van der Waals surface area contributed by atoms with Crippen molar-refractivity contribution >= 4 is 11.4 Å². The number of hydrogen-bond acceptors (Lipinski definition) is 3. The Morgan fingerprint density at radius 1 is 1.29 bits per heavy atom. The molecule has 0 heterocycles. The summed E-state index contributed by atoms with van der Waals surface area (Å²) in [5.41, 5.74) is 7.93. The highest BCUT2D eigenvalue weighted by Crippen LogP contribution is 2.30. The van der Waals surface area contributed by atoms with E-state index in [2.05, 4.69) is 26.1 Å². The van der Waals surface area contributed by atoms with Gasteiger partial charge in [-0.25, -0.2) is 0 Å². The number of rotatable bonds is 4. The van der Waals surface area contributed by atoms with Crippen molar-refractivity contribution in [3.05, 3.63) is 18.2 Å². The Labute approximate surface area is 104 Å². The highest BCUT2D eigenvalue weighted by Gasteiger charge is 2.12. The summed E-state index contributed by atoms with van der Waals surface area (Å²) in [5.74, 6) is 0.749. The van der Waals surface area contributed by atoms with Gasteiger partial charge in [-0.05, 0) is 31.4 Å². The van der Waals surface area contributed by atoms with Crippen molar-refractivity contribution in [3.63, 3.8) is 0 Å². The quantitative estimate of drug-likeness (QED) is 0.786. The van der Waals surface area contributed by atoms with Gasteiger partial charge in [0, 0.05) is 6.54 Å². The molecule has 0 unspecified atom stereocenters. The molecule has 0 aliphatic rings. The SMILES string of the molecule is CC(C)Oc1cccc(NCC(C)(C)C)c1N. The van der Waals surface area contributed by atoms with Crippen molar-refractivity contribution in [2.75, 3.05) is 17.6 Å². The van der Waals surface area contributed by atoms with Crippen LogP contribution in [0.4, 0.5) is 11.4 Å². The molecule has 3 nitrogen and oxygen atoms in total. The van der Waals surface area contributed by atoms with Gasteiger partial charge < -0.3 is 15.8 Å². The summed E-state index contributed by atoms with van der Waals surface area (Å²) in [6.45, 7) is 11.4. The maximum absolute atomic E-state index is 6.07. The van der Waals surface area contributed by atoms with Gasteiger partial charge >= 0.3 is 0 Å². The molecule has 0 bridgehead atoms. The Kier molecular flexibility index (Phi) is 4.27. The molecule has 0 radical (unpaired) electrons. The number of anilines is 2. The summed E-state index contributed by atoms with van der Waals surface area (Å²) in [6.07, 6.45) is 0.134. The molecule has 0 aliphatic heterocycles. The maximum Gasteiger partial charge on any atom is 0.144 e. The minimum Gasteiger partial charge on any atom is -0.489 e. The van der Waals surface area contributed by atoms with Crippen LogP contribution < -0.4 is 15.8 Å². The fourth-order valence-corrected chi connectivity index (χ4v) is 1.42. The fourth-order valence-electron chi connectivity index (χ4n) is 1.42. The van der Waals surface area contributed by atoms with Crippen LogP contribution in [0.15, 0.2) is 18.2 Å². The van der Waals surface area contributed by atoms with Crippen LogP contribution in [-0.2, 0) is 0 Å². The molecule has 0 fully saturated rings. The van der Waals surface area contributed by atoms with Crippen molar-refractivity contribution in [1.82, 2.24) is 0 Å². The molecule has 0 amide bonds. The number of para-hydroxylation sites is 1. The third-order valence-corrected chi connectivity index (χ3v) is 2.24. The minimum atomic E-state index is 0.134. The van der Waals surface area contributed by atoms with Gasteiger partial charge in [-0.3, -0.25) is 0 Å². The maximum atomic E-state index is 6.07. The van der Waals surface area contributed by atoms with Crippen LogP contribution in [0.5, 0.6) is 5.75 Å². The number of ether oxygens (including phenoxy) is 1. The average molecular weight is 236 g/mol. The third kappa shape index (κ3) is 4.55. The van der Waals surface area contributed by atoms with E-state index < -0.39 is 0 Å². The van der Waals surface area contributed by atoms with Crippen LogP contribution in [0.3, 0.4) is 0 Å². The van der Waals surface area contributed by atoms with Crippen LogP contribution in [0.2, 0.25) is 0 Å². The van der Waals surface area contributed by atoms with Gasteiger partial charge in [0.25, 0.3) is 0 Å². The predicted molar refractivity (Wildman–Crippen MR) is 74.6 cm³/mol. The van der Waals surface area contributed by atoms with Crippen molar-refractivity contribution < 1.29 is 4.74 Å². The molecule has 1 rings (SSSR count). The van der Waals surface area contributed by atoms with E-state index in [1.165, 1.54) is 0 Å². The van der Waals surface area contributed by atoms with Crippen molar-refractivity contribution in [3.8, 4) is 5.75 Å². The monoisotopic (exact) mass is 236 g/mol. The minimum absolute atomic E-state index is 0.134. The van der Waals surface area contributed by atoms with E-state index in [4.69, 9.17) is 10.5 Å². The zero-order valence-corrected chi connectivity index (χ0v) is 11.5. The number of nitrogens with two attached hydrogens (primary N) is 1. The first-order valence-corrected chi connectivity index (χ1v) is 6.08. The van der Waals surface area contributed by atoms with Gasteiger partial charge in [-0.2, -0.15) is 0 Å². The first-order valence-electron chi connectivity index (χ1n) is 6.08. The second-order valence-electron chi connectivity index (χ2n) is 5.80. The molecular weight excluding hydrogens is 212 g/mol. The second-order valence-corrected chi connectivity index (χ2v) is 5.80. The Balaban J connectivity index is 2.80. The van der Waals surface area contributed by atoms with Gasteiger partial charge in [0.05, 0.1) is 17.5 Å². The summed E-state index contributed by atoms with van der Waals surface area (Å²) < 4.78 is 5.65. The van der Waals surface area contributed by atoms with E-state index in [0.29, 0.717) is 5.69 Å². The second kappa shape index (κ2) is 5.30. The van der Waals surface area contributed by atoms with E-state index in [0.717, 1.165) is 18.0 Å². The van der Waals surface area contributed by atoms with Gasteiger partial charge in [-0.15, -0.1) is 0 Å². The standard InChI is InChI=1S/C14H24N2O/c1-10(2)17-12-8-6-7-11(13(12)15)16-9-14(3,4)5/h6-8,10,16H,9,15H2,1-5H3. The molecule has 0 aromatic heterocycles. The van der Waals surface area contributed by atoms with Crippen LogP contribution in [0.25, 0.3) is 0 Å². The van der Waals surface area contributed by atoms with Crippen molar-refractivity contribution in [2.24, 2.45) is 5.41 Å². The predicted octanol–water partition coefficient (Wildman–Crippen LogP) is 3.51. The molecule has 0 atom stereocenters. The molecule has 0 saturated carbocycles. The van der Waals surface area contributed by atoms with E-state index in [1.807, 2.05) is 32.0 Å². The van der Waals surface area contributed by atoms with Gasteiger partial charge in [0.15, 0.2) is 0 Å². The topological polar surface area (TPSA) is 47.3 Å². The third-order valence-electron chi connectivity index (χ3n) is 2.24. The molecule has 0 spiro atoms. The van der Waals surface area contributed by atoms with Gasteiger partial charge in [0.1, 0.15) is 5.75 Å². The lowest BCUT2D eigenvalue weighted by Gasteiger charge is -2.21. The Bertz CT molecular complexity index is 367. The lowest BCUT2D eigenvalue weighted by Crippen LogP contribution is -2.19. The first kappa shape index (κ1) is 13.7. The molecule has 3 N–H and O–H groups in total. The summed E-state index contributed by atoms with van der Waals surface area (Å²) >= 11 is 0. The number of nitrogen functional groups attached to an aromatic ring is 1. The van der Waals surface area contributed by atoms with E-state index >= 15 is 0 Å². The van der Waals surface area contributed by atoms with E-state index in [1.54, 1.807) is 0 Å². The van der Waals surface area contributed by atoms with Crippen molar-refractivity contribution in [2.45, 2.75) is 40.7 Å². The zero-order valence-electron chi connectivity index (χ0n) is 11.5.